The molecule has 0 fully saturated rings. The highest BCUT2D eigenvalue weighted by atomic mass is 79.9. The molecule has 6 heteroatoms. The Balaban J connectivity index is 2.40. The first kappa shape index (κ1) is 12.5. The van der Waals surface area contributed by atoms with Crippen molar-refractivity contribution in [2.45, 2.75) is 0 Å². The summed E-state index contributed by atoms with van der Waals surface area (Å²) in [5.74, 6) is -0.763. The zero-order valence-electron chi connectivity index (χ0n) is 8.34. The first-order chi connectivity index (χ1) is 7.99. The Labute approximate surface area is 114 Å². The summed E-state index contributed by atoms with van der Waals surface area (Å²) < 4.78 is 13.7. The average Bonchev–Trinajstić information content (AvgIpc) is 2.62. The number of anilines is 1. The van der Waals surface area contributed by atoms with Gasteiger partial charge >= 0.3 is 0 Å². The molecule has 2 rings (SSSR count). The molecule has 0 atom stereocenters. The fourth-order valence-electron chi connectivity index (χ4n) is 1.29. The van der Waals surface area contributed by atoms with E-state index in [4.69, 9.17) is 17.3 Å². The Kier molecular flexibility index (Phi) is 3.51. The van der Waals surface area contributed by atoms with Gasteiger partial charge in [-0.2, -0.15) is 0 Å². The molecule has 0 saturated heterocycles. The zero-order valence-corrected chi connectivity index (χ0v) is 11.5. The van der Waals surface area contributed by atoms with Crippen LogP contribution in [0.2, 0.25) is 5.02 Å². The fraction of sp³-hybridized carbons (Fsp3) is 0. The normalized spacial score (nSPS) is 10.5. The third-order valence-corrected chi connectivity index (χ3v) is 4.60. The van der Waals surface area contributed by atoms with Crippen LogP contribution in [0, 0.1) is 5.82 Å². The van der Waals surface area contributed by atoms with E-state index in [9.17, 15) is 9.18 Å². The van der Waals surface area contributed by atoms with Gasteiger partial charge in [0, 0.05) is 5.56 Å². The van der Waals surface area contributed by atoms with Gasteiger partial charge in [-0.3, -0.25) is 4.79 Å². The van der Waals surface area contributed by atoms with Crippen LogP contribution >= 0.6 is 38.9 Å². The molecule has 2 N–H and O–H groups in total. The lowest BCUT2D eigenvalue weighted by Crippen LogP contribution is -2.01. The smallest absolute Gasteiger partial charge is 0.203 e. The predicted molar refractivity (Wildman–Crippen MR) is 71.3 cm³/mol. The summed E-state index contributed by atoms with van der Waals surface area (Å²) in [6.45, 7) is 0. The monoisotopic (exact) mass is 333 g/mol. The van der Waals surface area contributed by atoms with E-state index in [1.807, 2.05) is 0 Å². The predicted octanol–water partition coefficient (Wildman–Crippen LogP) is 4.12. The van der Waals surface area contributed by atoms with Crippen LogP contribution < -0.4 is 5.73 Å². The maximum Gasteiger partial charge on any atom is 0.203 e. The van der Waals surface area contributed by atoms with Crippen LogP contribution in [0.15, 0.2) is 28.1 Å². The number of ketones is 1. The van der Waals surface area contributed by atoms with Gasteiger partial charge in [0.1, 0.15) is 5.82 Å². The van der Waals surface area contributed by atoms with Gasteiger partial charge in [-0.25, -0.2) is 4.39 Å². The lowest BCUT2D eigenvalue weighted by molar-refractivity contribution is 0.104. The highest BCUT2D eigenvalue weighted by molar-refractivity contribution is 9.11. The number of hydrogen-bond donors (Lipinski definition) is 1. The van der Waals surface area contributed by atoms with E-state index in [1.54, 1.807) is 6.07 Å². The second kappa shape index (κ2) is 4.76. The minimum atomic E-state index is -0.535. The van der Waals surface area contributed by atoms with Crippen molar-refractivity contribution >= 4 is 50.3 Å². The summed E-state index contributed by atoms with van der Waals surface area (Å²) in [5.41, 5.74) is 5.71. The lowest BCUT2D eigenvalue weighted by atomic mass is 10.1. The first-order valence-corrected chi connectivity index (χ1v) is 6.52. The maximum absolute atomic E-state index is 13.0. The van der Waals surface area contributed by atoms with E-state index in [2.05, 4.69) is 15.9 Å². The highest BCUT2D eigenvalue weighted by Gasteiger charge is 2.15. The van der Waals surface area contributed by atoms with Crippen LogP contribution in [0.3, 0.4) is 0 Å². The number of benzene rings is 1. The van der Waals surface area contributed by atoms with Crippen LogP contribution in [0.25, 0.3) is 0 Å². The summed E-state index contributed by atoms with van der Waals surface area (Å²) in [4.78, 5) is 12.5. The van der Waals surface area contributed by atoms with Crippen molar-refractivity contribution < 1.29 is 9.18 Å². The van der Waals surface area contributed by atoms with E-state index in [0.717, 1.165) is 0 Å². The van der Waals surface area contributed by atoms with E-state index in [1.165, 1.54) is 29.5 Å². The van der Waals surface area contributed by atoms with Crippen molar-refractivity contribution in [2.24, 2.45) is 0 Å². The van der Waals surface area contributed by atoms with Gasteiger partial charge in [0.05, 0.1) is 19.4 Å². The number of carbonyl (C=O) groups excluding carboxylic acids is 1. The molecule has 88 valence electrons. The molecule has 1 aromatic carbocycles. The molecule has 0 spiro atoms. The minimum Gasteiger partial charge on any atom is -0.396 e. The summed E-state index contributed by atoms with van der Waals surface area (Å²) in [6.07, 6.45) is 0. The van der Waals surface area contributed by atoms with Crippen LogP contribution in [-0.4, -0.2) is 5.78 Å². The third kappa shape index (κ3) is 2.51. The van der Waals surface area contributed by atoms with Gasteiger partial charge in [0.15, 0.2) is 0 Å². The molecule has 0 aliphatic carbocycles. The third-order valence-electron chi connectivity index (χ3n) is 2.13. The Bertz CT molecular complexity index is 580. The van der Waals surface area contributed by atoms with E-state index in [0.29, 0.717) is 19.2 Å². The number of rotatable bonds is 2. The molecule has 1 heterocycles. The Morgan fingerprint density at radius 1 is 1.41 bits per heavy atom. The first-order valence-electron chi connectivity index (χ1n) is 4.53. The molecule has 2 nitrogen and oxygen atoms in total. The number of thiophene rings is 1. The average molecular weight is 335 g/mol. The topological polar surface area (TPSA) is 43.1 Å². The zero-order chi connectivity index (χ0) is 12.6. The van der Waals surface area contributed by atoms with Crippen molar-refractivity contribution in [3.05, 3.63) is 49.3 Å². The summed E-state index contributed by atoms with van der Waals surface area (Å²) >= 11 is 10.3. The number of halogens is 3. The standard InChI is InChI=1S/C11H6BrClFNOS/c12-11-6(13)4-9(17-11)10(16)5-1-2-7(14)8(15)3-5/h1-4H,15H2. The largest absolute Gasteiger partial charge is 0.396 e. The Morgan fingerprint density at radius 3 is 2.65 bits per heavy atom. The molecule has 17 heavy (non-hydrogen) atoms. The second-order valence-electron chi connectivity index (χ2n) is 3.30. The summed E-state index contributed by atoms with van der Waals surface area (Å²) in [6, 6.07) is 5.46. The van der Waals surface area contributed by atoms with Gasteiger partial charge in [-0.1, -0.05) is 11.6 Å². The molecule has 2 aromatic rings. The van der Waals surface area contributed by atoms with Gasteiger partial charge in [0.25, 0.3) is 0 Å². The Hall–Kier alpha value is -0.910. The van der Waals surface area contributed by atoms with Crippen molar-refractivity contribution in [1.82, 2.24) is 0 Å². The fourth-order valence-corrected chi connectivity index (χ4v) is 2.95. The number of hydrogen-bond acceptors (Lipinski definition) is 3. The molecule has 0 radical (unpaired) electrons. The van der Waals surface area contributed by atoms with Gasteiger partial charge in [0.2, 0.25) is 5.78 Å². The van der Waals surface area contributed by atoms with E-state index < -0.39 is 5.82 Å². The number of nitrogen functional groups attached to an aromatic ring is 1. The minimum absolute atomic E-state index is 0.0439. The van der Waals surface area contributed by atoms with Crippen LogP contribution in [-0.2, 0) is 0 Å². The highest BCUT2D eigenvalue weighted by Crippen LogP contribution is 2.33. The van der Waals surface area contributed by atoms with Gasteiger partial charge < -0.3 is 5.73 Å². The van der Waals surface area contributed by atoms with Gasteiger partial charge in [-0.05, 0) is 40.2 Å². The molecule has 0 amide bonds. The summed E-state index contributed by atoms with van der Waals surface area (Å²) in [5, 5.41) is 0.480. The SMILES string of the molecule is Nc1cc(C(=O)c2cc(Cl)c(Br)s2)ccc1F. The van der Waals surface area contributed by atoms with Crippen LogP contribution in [0.4, 0.5) is 10.1 Å². The second-order valence-corrected chi connectivity index (χ2v) is 6.08. The van der Waals surface area contributed by atoms with Crippen molar-refractivity contribution in [2.75, 3.05) is 5.73 Å². The lowest BCUT2D eigenvalue weighted by Gasteiger charge is -2.00. The van der Waals surface area contributed by atoms with Gasteiger partial charge in [-0.15, -0.1) is 11.3 Å². The molecular formula is C11H6BrClFNOS. The summed E-state index contributed by atoms with van der Waals surface area (Å²) in [7, 11) is 0. The number of nitrogens with two attached hydrogens (primary N) is 1. The molecule has 0 unspecified atom stereocenters. The van der Waals surface area contributed by atoms with E-state index in [-0.39, 0.29) is 11.5 Å². The molecule has 0 saturated carbocycles. The molecule has 0 aliphatic rings. The molecular weight excluding hydrogens is 329 g/mol. The van der Waals surface area contributed by atoms with Crippen molar-refractivity contribution in [3.63, 3.8) is 0 Å². The quantitative estimate of drug-likeness (QED) is 0.663. The van der Waals surface area contributed by atoms with Crippen LogP contribution in [0.1, 0.15) is 15.2 Å². The van der Waals surface area contributed by atoms with Crippen molar-refractivity contribution in [3.8, 4) is 0 Å². The number of carbonyl (C=O) groups is 1. The molecule has 1 aromatic heterocycles. The maximum atomic E-state index is 13.0. The van der Waals surface area contributed by atoms with E-state index >= 15 is 0 Å². The molecule has 0 aliphatic heterocycles. The van der Waals surface area contributed by atoms with Crippen molar-refractivity contribution in [1.29, 1.82) is 0 Å². The van der Waals surface area contributed by atoms with Crippen LogP contribution in [0.5, 0.6) is 0 Å². The Morgan fingerprint density at radius 2 is 2.12 bits per heavy atom. The molecule has 0 bridgehead atoms.